The minimum Gasteiger partial charge on any atom is -0.379 e. The molecule has 1 aromatic rings. The molecule has 112 valence electrons. The van der Waals surface area contributed by atoms with Crippen LogP contribution in [-0.2, 0) is 20.8 Å². The van der Waals surface area contributed by atoms with E-state index < -0.39 is 0 Å². The van der Waals surface area contributed by atoms with Crippen molar-refractivity contribution in [3.05, 3.63) is 18.2 Å². The van der Waals surface area contributed by atoms with E-state index in [9.17, 15) is 0 Å². The zero-order valence-electron chi connectivity index (χ0n) is 12.1. The molecule has 6 heteroatoms. The Kier molecular flexibility index (Phi) is 9.49. The number of hydrogen-bond acceptors (Lipinski definition) is 5. The van der Waals surface area contributed by atoms with Gasteiger partial charge in [-0.15, -0.1) is 0 Å². The first kappa shape index (κ1) is 16.6. The highest BCUT2D eigenvalue weighted by molar-refractivity contribution is 5.10. The Bertz CT molecular complexity index is 387. The maximum atomic E-state index is 8.78. The quantitative estimate of drug-likeness (QED) is 0.544. The number of imidazole rings is 1. The molecule has 0 radical (unpaired) electrons. The third kappa shape index (κ3) is 7.24. The fourth-order valence-electron chi connectivity index (χ4n) is 1.55. The normalized spacial score (nSPS) is 10.6. The van der Waals surface area contributed by atoms with Gasteiger partial charge in [0.1, 0.15) is 6.07 Å². The van der Waals surface area contributed by atoms with Crippen molar-refractivity contribution in [1.82, 2.24) is 9.55 Å². The van der Waals surface area contributed by atoms with E-state index in [1.54, 1.807) is 17.0 Å². The van der Waals surface area contributed by atoms with Crippen LogP contribution in [-0.4, -0.2) is 49.2 Å². The van der Waals surface area contributed by atoms with Gasteiger partial charge in [0.25, 0.3) is 0 Å². The Morgan fingerprint density at radius 1 is 1.10 bits per heavy atom. The Labute approximate surface area is 120 Å². The van der Waals surface area contributed by atoms with Crippen molar-refractivity contribution in [1.29, 1.82) is 5.26 Å². The first-order valence-corrected chi connectivity index (χ1v) is 7.03. The highest BCUT2D eigenvalue weighted by Gasteiger charge is 2.00. The van der Waals surface area contributed by atoms with E-state index in [1.807, 2.05) is 6.07 Å². The van der Waals surface area contributed by atoms with E-state index in [0.717, 1.165) is 19.4 Å². The van der Waals surface area contributed by atoms with Crippen LogP contribution in [0.5, 0.6) is 0 Å². The maximum absolute atomic E-state index is 8.78. The molecule has 1 rings (SSSR count). The van der Waals surface area contributed by atoms with E-state index in [4.69, 9.17) is 19.5 Å². The number of hydrogen-bond donors (Lipinski definition) is 0. The summed E-state index contributed by atoms with van der Waals surface area (Å²) in [5.74, 6) is 0.411. The smallest absolute Gasteiger partial charge is 0.212 e. The average molecular weight is 281 g/mol. The topological polar surface area (TPSA) is 69.3 Å². The summed E-state index contributed by atoms with van der Waals surface area (Å²) < 4.78 is 17.9. The van der Waals surface area contributed by atoms with Gasteiger partial charge in [0.05, 0.1) is 33.0 Å². The van der Waals surface area contributed by atoms with Gasteiger partial charge in [0.2, 0.25) is 5.82 Å². The molecule has 0 aliphatic carbocycles. The van der Waals surface area contributed by atoms with Gasteiger partial charge in [0, 0.05) is 25.5 Å². The van der Waals surface area contributed by atoms with Crippen LogP contribution in [0.3, 0.4) is 0 Å². The summed E-state index contributed by atoms with van der Waals surface area (Å²) in [6.45, 7) is 6.47. The number of aromatic nitrogens is 2. The molecule has 0 atom stereocenters. The summed E-state index contributed by atoms with van der Waals surface area (Å²) in [5, 5.41) is 8.78. The van der Waals surface area contributed by atoms with Crippen LogP contribution < -0.4 is 0 Å². The lowest BCUT2D eigenvalue weighted by Crippen LogP contribution is -2.12. The average Bonchev–Trinajstić information content (AvgIpc) is 2.92. The second kappa shape index (κ2) is 11.4. The molecule has 0 spiro atoms. The summed E-state index contributed by atoms with van der Waals surface area (Å²) in [4.78, 5) is 3.91. The van der Waals surface area contributed by atoms with Crippen molar-refractivity contribution in [3.8, 4) is 6.07 Å². The van der Waals surface area contributed by atoms with Gasteiger partial charge in [-0.25, -0.2) is 4.98 Å². The van der Waals surface area contributed by atoms with Gasteiger partial charge in [-0.05, 0) is 6.42 Å². The fourth-order valence-corrected chi connectivity index (χ4v) is 1.55. The number of nitrogens with zero attached hydrogens (tertiary/aromatic N) is 3. The third-order valence-electron chi connectivity index (χ3n) is 2.68. The van der Waals surface area contributed by atoms with Crippen LogP contribution in [0.4, 0.5) is 0 Å². The number of ether oxygens (including phenoxy) is 3. The molecule has 1 heterocycles. The summed E-state index contributed by atoms with van der Waals surface area (Å²) in [6, 6.07) is 2.02. The SMILES string of the molecule is CCCCOCCOCCOCCn1ccnc1C#N. The van der Waals surface area contributed by atoms with Gasteiger partial charge in [0.15, 0.2) is 0 Å². The second-order valence-corrected chi connectivity index (χ2v) is 4.25. The van der Waals surface area contributed by atoms with Gasteiger partial charge in [-0.1, -0.05) is 13.3 Å². The van der Waals surface area contributed by atoms with Gasteiger partial charge < -0.3 is 18.8 Å². The number of unbranched alkanes of at least 4 members (excludes halogenated alkanes) is 1. The van der Waals surface area contributed by atoms with Crippen molar-refractivity contribution >= 4 is 0 Å². The molecule has 0 amide bonds. The first-order chi connectivity index (χ1) is 9.88. The van der Waals surface area contributed by atoms with E-state index >= 15 is 0 Å². The third-order valence-corrected chi connectivity index (χ3v) is 2.68. The van der Waals surface area contributed by atoms with E-state index in [2.05, 4.69) is 11.9 Å². The van der Waals surface area contributed by atoms with Crippen LogP contribution in [0.15, 0.2) is 12.4 Å². The lowest BCUT2D eigenvalue weighted by molar-refractivity contribution is 0.0127. The first-order valence-electron chi connectivity index (χ1n) is 7.03. The minimum atomic E-state index is 0.411. The molecule has 0 fully saturated rings. The molecule has 0 aliphatic rings. The molecule has 0 saturated carbocycles. The molecule has 0 unspecified atom stereocenters. The lowest BCUT2D eigenvalue weighted by Gasteiger charge is -2.07. The summed E-state index contributed by atoms with van der Waals surface area (Å²) >= 11 is 0. The second-order valence-electron chi connectivity index (χ2n) is 4.25. The van der Waals surface area contributed by atoms with Crippen molar-refractivity contribution in [2.75, 3.05) is 39.6 Å². The zero-order valence-corrected chi connectivity index (χ0v) is 12.1. The van der Waals surface area contributed by atoms with Crippen molar-refractivity contribution in [2.24, 2.45) is 0 Å². The molecule has 0 aliphatic heterocycles. The van der Waals surface area contributed by atoms with Gasteiger partial charge >= 0.3 is 0 Å². The largest absolute Gasteiger partial charge is 0.379 e. The van der Waals surface area contributed by atoms with E-state index in [-0.39, 0.29) is 0 Å². The minimum absolute atomic E-state index is 0.411. The van der Waals surface area contributed by atoms with Crippen molar-refractivity contribution < 1.29 is 14.2 Å². The van der Waals surface area contributed by atoms with Crippen LogP contribution in [0.2, 0.25) is 0 Å². The Hall–Kier alpha value is -1.42. The molecule has 1 aromatic heterocycles. The highest BCUT2D eigenvalue weighted by atomic mass is 16.5. The van der Waals surface area contributed by atoms with E-state index in [1.165, 1.54) is 0 Å². The summed E-state index contributed by atoms with van der Waals surface area (Å²) in [6.07, 6.45) is 5.63. The predicted molar refractivity (Wildman–Crippen MR) is 74.3 cm³/mol. The standard InChI is InChI=1S/C14H23N3O3/c1-2-3-7-18-9-11-20-12-10-19-8-6-17-5-4-16-14(17)13-15/h4-5H,2-3,6-12H2,1H3. The predicted octanol–water partition coefficient (Wildman–Crippen LogP) is 1.60. The zero-order chi connectivity index (χ0) is 14.5. The molecule has 0 bridgehead atoms. The molecular formula is C14H23N3O3. The highest BCUT2D eigenvalue weighted by Crippen LogP contribution is 1.95. The van der Waals surface area contributed by atoms with Crippen LogP contribution in [0.25, 0.3) is 0 Å². The monoisotopic (exact) mass is 281 g/mol. The van der Waals surface area contributed by atoms with Crippen molar-refractivity contribution in [2.45, 2.75) is 26.3 Å². The fraction of sp³-hybridized carbons (Fsp3) is 0.714. The van der Waals surface area contributed by atoms with Crippen molar-refractivity contribution in [3.63, 3.8) is 0 Å². The summed E-state index contributed by atoms with van der Waals surface area (Å²) in [5.41, 5.74) is 0. The number of nitriles is 1. The number of rotatable bonds is 12. The Morgan fingerprint density at radius 3 is 2.40 bits per heavy atom. The Morgan fingerprint density at radius 2 is 1.75 bits per heavy atom. The molecule has 20 heavy (non-hydrogen) atoms. The van der Waals surface area contributed by atoms with Crippen LogP contribution in [0.1, 0.15) is 25.6 Å². The molecule has 0 aromatic carbocycles. The van der Waals surface area contributed by atoms with Crippen LogP contribution >= 0.6 is 0 Å². The molecule has 0 N–H and O–H groups in total. The molecular weight excluding hydrogens is 258 g/mol. The van der Waals surface area contributed by atoms with Gasteiger partial charge in [-0.3, -0.25) is 0 Å². The lowest BCUT2D eigenvalue weighted by atomic mass is 10.4. The summed E-state index contributed by atoms with van der Waals surface area (Å²) in [7, 11) is 0. The molecule has 6 nitrogen and oxygen atoms in total. The molecule has 0 saturated heterocycles. The maximum Gasteiger partial charge on any atom is 0.212 e. The van der Waals surface area contributed by atoms with E-state index in [0.29, 0.717) is 45.4 Å². The Balaban J connectivity index is 1.87. The van der Waals surface area contributed by atoms with Gasteiger partial charge in [-0.2, -0.15) is 5.26 Å². The van der Waals surface area contributed by atoms with Crippen LogP contribution in [0, 0.1) is 11.3 Å².